The SMILES string of the molecule is CN(C)S(=O)(=O)C[C@@H]1COC[C@@H]1NC(=O)c1cc(O)ccc1N. The topological polar surface area (TPSA) is 122 Å². The molecule has 1 fully saturated rings. The van der Waals surface area contributed by atoms with Crippen LogP contribution in [0.25, 0.3) is 0 Å². The number of aromatic hydroxyl groups is 1. The molecular weight excluding hydrogens is 322 g/mol. The van der Waals surface area contributed by atoms with Crippen molar-refractivity contribution in [3.8, 4) is 5.75 Å². The Morgan fingerprint density at radius 3 is 2.78 bits per heavy atom. The van der Waals surface area contributed by atoms with Gasteiger partial charge in [0.15, 0.2) is 0 Å². The Balaban J connectivity index is 2.09. The van der Waals surface area contributed by atoms with Crippen LogP contribution >= 0.6 is 0 Å². The maximum atomic E-state index is 12.3. The van der Waals surface area contributed by atoms with Crippen molar-refractivity contribution in [3.63, 3.8) is 0 Å². The molecule has 1 aliphatic heterocycles. The summed E-state index contributed by atoms with van der Waals surface area (Å²) in [4.78, 5) is 12.3. The number of ether oxygens (including phenoxy) is 1. The Bertz CT molecular complexity index is 690. The van der Waals surface area contributed by atoms with Crippen molar-refractivity contribution in [3.05, 3.63) is 23.8 Å². The number of carbonyl (C=O) groups is 1. The van der Waals surface area contributed by atoms with Crippen LogP contribution in [0.15, 0.2) is 18.2 Å². The van der Waals surface area contributed by atoms with Crippen molar-refractivity contribution < 1.29 is 23.1 Å². The van der Waals surface area contributed by atoms with Gasteiger partial charge in [-0.05, 0) is 18.2 Å². The van der Waals surface area contributed by atoms with Crippen LogP contribution in [0.4, 0.5) is 5.69 Å². The number of nitrogens with one attached hydrogen (secondary N) is 1. The quantitative estimate of drug-likeness (QED) is 0.494. The van der Waals surface area contributed by atoms with Gasteiger partial charge in [0.05, 0.1) is 30.6 Å². The lowest BCUT2D eigenvalue weighted by molar-refractivity contribution is 0.0926. The van der Waals surface area contributed by atoms with E-state index >= 15 is 0 Å². The summed E-state index contributed by atoms with van der Waals surface area (Å²) in [7, 11) is -0.464. The number of benzene rings is 1. The normalized spacial score (nSPS) is 21.5. The zero-order valence-corrected chi connectivity index (χ0v) is 13.8. The summed E-state index contributed by atoms with van der Waals surface area (Å²) in [6.45, 7) is 0.492. The van der Waals surface area contributed by atoms with Crippen LogP contribution in [0, 0.1) is 5.92 Å². The monoisotopic (exact) mass is 343 g/mol. The highest BCUT2D eigenvalue weighted by atomic mass is 32.2. The van der Waals surface area contributed by atoms with Crippen LogP contribution in [-0.4, -0.2) is 62.8 Å². The van der Waals surface area contributed by atoms with E-state index in [1.165, 1.54) is 32.3 Å². The van der Waals surface area contributed by atoms with Crippen LogP contribution in [0.1, 0.15) is 10.4 Å². The van der Waals surface area contributed by atoms with E-state index < -0.39 is 22.0 Å². The first-order valence-electron chi connectivity index (χ1n) is 7.08. The molecule has 0 spiro atoms. The summed E-state index contributed by atoms with van der Waals surface area (Å²) in [5.74, 6) is -0.995. The van der Waals surface area contributed by atoms with Gasteiger partial charge >= 0.3 is 0 Å². The average molecular weight is 343 g/mol. The molecule has 0 aromatic heterocycles. The molecule has 0 bridgehead atoms. The predicted molar refractivity (Wildman–Crippen MR) is 85.6 cm³/mol. The minimum Gasteiger partial charge on any atom is -0.508 e. The van der Waals surface area contributed by atoms with Crippen molar-refractivity contribution in [2.24, 2.45) is 5.92 Å². The molecule has 8 nitrogen and oxygen atoms in total. The second-order valence-corrected chi connectivity index (χ2v) is 7.94. The molecule has 23 heavy (non-hydrogen) atoms. The van der Waals surface area contributed by atoms with E-state index in [-0.39, 0.29) is 41.9 Å². The van der Waals surface area contributed by atoms with Crippen molar-refractivity contribution >= 4 is 21.6 Å². The van der Waals surface area contributed by atoms with Crippen molar-refractivity contribution in [2.45, 2.75) is 6.04 Å². The number of nitrogens with zero attached hydrogens (tertiary/aromatic N) is 1. The third-order valence-electron chi connectivity index (χ3n) is 3.78. The third kappa shape index (κ3) is 4.12. The molecule has 1 aliphatic rings. The van der Waals surface area contributed by atoms with Gasteiger partial charge in [-0.1, -0.05) is 0 Å². The number of amides is 1. The van der Waals surface area contributed by atoms with Gasteiger partial charge in [0.2, 0.25) is 10.0 Å². The molecule has 2 rings (SSSR count). The van der Waals surface area contributed by atoms with Crippen molar-refractivity contribution in [1.82, 2.24) is 9.62 Å². The summed E-state index contributed by atoms with van der Waals surface area (Å²) in [5, 5.41) is 12.2. The van der Waals surface area contributed by atoms with Gasteiger partial charge in [-0.15, -0.1) is 0 Å². The Morgan fingerprint density at radius 2 is 2.13 bits per heavy atom. The molecule has 4 N–H and O–H groups in total. The molecule has 0 saturated carbocycles. The number of sulfonamides is 1. The van der Waals surface area contributed by atoms with Gasteiger partial charge in [0.1, 0.15) is 5.75 Å². The van der Waals surface area contributed by atoms with Crippen LogP contribution in [0.3, 0.4) is 0 Å². The Labute approximate surface area is 135 Å². The van der Waals surface area contributed by atoms with Crippen molar-refractivity contribution in [1.29, 1.82) is 0 Å². The first kappa shape index (κ1) is 17.5. The Morgan fingerprint density at radius 1 is 1.43 bits per heavy atom. The van der Waals surface area contributed by atoms with E-state index in [0.717, 1.165) is 4.31 Å². The van der Waals surface area contributed by atoms with Gasteiger partial charge in [-0.3, -0.25) is 4.79 Å². The van der Waals surface area contributed by atoms with Crippen LogP contribution < -0.4 is 11.1 Å². The van der Waals surface area contributed by atoms with Gasteiger partial charge in [-0.25, -0.2) is 12.7 Å². The highest BCUT2D eigenvalue weighted by Gasteiger charge is 2.34. The smallest absolute Gasteiger partial charge is 0.253 e. The second kappa shape index (κ2) is 6.73. The molecule has 0 aliphatic carbocycles. The lowest BCUT2D eigenvalue weighted by atomic mass is 10.1. The number of hydrogen-bond donors (Lipinski definition) is 3. The Kier molecular flexibility index (Phi) is 5.12. The summed E-state index contributed by atoms with van der Waals surface area (Å²) >= 11 is 0. The fourth-order valence-electron chi connectivity index (χ4n) is 2.33. The predicted octanol–water partition coefficient (Wildman–Crippen LogP) is -0.389. The molecular formula is C14H21N3O5S. The van der Waals surface area contributed by atoms with E-state index in [0.29, 0.717) is 0 Å². The fourth-order valence-corrected chi connectivity index (χ4v) is 3.50. The number of hydrogen-bond acceptors (Lipinski definition) is 6. The van der Waals surface area contributed by atoms with Crippen LogP contribution in [0.2, 0.25) is 0 Å². The number of phenols is 1. The fraction of sp³-hybridized carbons (Fsp3) is 0.500. The highest BCUT2D eigenvalue weighted by Crippen LogP contribution is 2.21. The second-order valence-electron chi connectivity index (χ2n) is 5.71. The van der Waals surface area contributed by atoms with Crippen molar-refractivity contribution in [2.75, 3.05) is 38.8 Å². The molecule has 0 radical (unpaired) electrons. The van der Waals surface area contributed by atoms with Gasteiger partial charge in [0, 0.05) is 25.7 Å². The van der Waals surface area contributed by atoms with E-state index in [4.69, 9.17) is 10.5 Å². The molecule has 0 unspecified atom stereocenters. The number of nitrogens with two attached hydrogens (primary N) is 1. The minimum absolute atomic E-state index is 0.0706. The molecule has 1 aromatic carbocycles. The third-order valence-corrected chi connectivity index (χ3v) is 5.74. The minimum atomic E-state index is -3.39. The maximum absolute atomic E-state index is 12.3. The van der Waals surface area contributed by atoms with Crippen LogP contribution in [-0.2, 0) is 14.8 Å². The first-order valence-corrected chi connectivity index (χ1v) is 8.69. The molecule has 128 valence electrons. The molecule has 1 amide bonds. The van der Waals surface area contributed by atoms with E-state index in [1.807, 2.05) is 0 Å². The van der Waals surface area contributed by atoms with Gasteiger partial charge in [0.25, 0.3) is 5.91 Å². The number of anilines is 1. The first-order chi connectivity index (χ1) is 10.7. The summed E-state index contributed by atoms with van der Waals surface area (Å²) in [6.07, 6.45) is 0. The summed E-state index contributed by atoms with van der Waals surface area (Å²) in [6, 6.07) is 3.66. The zero-order chi connectivity index (χ0) is 17.2. The van der Waals surface area contributed by atoms with Gasteiger partial charge in [-0.2, -0.15) is 0 Å². The average Bonchev–Trinajstić information content (AvgIpc) is 2.87. The van der Waals surface area contributed by atoms with Gasteiger partial charge < -0.3 is 20.9 Å². The summed E-state index contributed by atoms with van der Waals surface area (Å²) < 4.78 is 30.4. The molecule has 1 aromatic rings. The van der Waals surface area contributed by atoms with E-state index in [2.05, 4.69) is 5.32 Å². The largest absolute Gasteiger partial charge is 0.508 e. The number of phenolic OH excluding ortho intramolecular Hbond substituents is 1. The van der Waals surface area contributed by atoms with E-state index in [9.17, 15) is 18.3 Å². The van der Waals surface area contributed by atoms with E-state index in [1.54, 1.807) is 0 Å². The maximum Gasteiger partial charge on any atom is 0.253 e. The molecule has 1 saturated heterocycles. The number of nitrogen functional groups attached to an aromatic ring is 1. The Hall–Kier alpha value is -1.84. The van der Waals surface area contributed by atoms with Crippen LogP contribution in [0.5, 0.6) is 5.75 Å². The number of carbonyl (C=O) groups excluding carboxylic acids is 1. The number of rotatable bonds is 5. The molecule has 9 heteroatoms. The lowest BCUT2D eigenvalue weighted by Crippen LogP contribution is -2.43. The highest BCUT2D eigenvalue weighted by molar-refractivity contribution is 7.89. The molecule has 1 heterocycles. The lowest BCUT2D eigenvalue weighted by Gasteiger charge is -2.21. The molecule has 2 atom stereocenters. The standard InChI is InChI=1S/C14H21N3O5S/c1-17(2)23(20,21)8-9-6-22-7-13(9)16-14(19)11-5-10(18)3-4-12(11)15/h3-5,9,13,18H,6-8,15H2,1-2H3,(H,16,19)/t9-,13-/m0/s1. The summed E-state index contributed by atoms with van der Waals surface area (Å²) in [5.41, 5.74) is 6.11. The zero-order valence-electron chi connectivity index (χ0n) is 13.0.